The minimum absolute atomic E-state index is 0.142. The van der Waals surface area contributed by atoms with Gasteiger partial charge in [-0.05, 0) is 29.3 Å². The summed E-state index contributed by atoms with van der Waals surface area (Å²) in [6.45, 7) is 0.442. The summed E-state index contributed by atoms with van der Waals surface area (Å²) < 4.78 is 0. The third-order valence-electron chi connectivity index (χ3n) is 2.99. The molecule has 2 aromatic rings. The first-order chi connectivity index (χ1) is 10.1. The molecule has 3 N–H and O–H groups in total. The summed E-state index contributed by atoms with van der Waals surface area (Å²) in [6, 6.07) is 14.7. The van der Waals surface area contributed by atoms with Crippen molar-refractivity contribution in [3.63, 3.8) is 0 Å². The zero-order valence-electron chi connectivity index (χ0n) is 11.3. The minimum Gasteiger partial charge on any atom is -0.393 e. The fourth-order valence-corrected chi connectivity index (χ4v) is 2.24. The number of hydrogen-bond acceptors (Lipinski definition) is 2. The Hall–Kier alpha value is -1.91. The number of amides is 1. The molecular formula is C16H15ClN2OS. The van der Waals surface area contributed by atoms with Crippen LogP contribution in [0.1, 0.15) is 21.5 Å². The van der Waals surface area contributed by atoms with E-state index in [0.717, 1.165) is 11.1 Å². The van der Waals surface area contributed by atoms with Crippen molar-refractivity contribution in [2.45, 2.75) is 13.0 Å². The van der Waals surface area contributed by atoms with Crippen LogP contribution in [0.25, 0.3) is 0 Å². The molecule has 0 heterocycles. The van der Waals surface area contributed by atoms with Gasteiger partial charge in [0.2, 0.25) is 0 Å². The highest BCUT2D eigenvalue weighted by Gasteiger charge is 2.11. The summed E-state index contributed by atoms with van der Waals surface area (Å²) in [5.41, 5.74) is 7.97. The third-order valence-corrected chi connectivity index (χ3v) is 3.39. The predicted octanol–water partition coefficient (Wildman–Crippen LogP) is 3.10. The fraction of sp³-hybridized carbons (Fsp3) is 0.125. The van der Waals surface area contributed by atoms with Crippen LogP contribution in [0, 0.1) is 0 Å². The maximum Gasteiger partial charge on any atom is 0.251 e. The van der Waals surface area contributed by atoms with Crippen molar-refractivity contribution < 1.29 is 4.79 Å². The van der Waals surface area contributed by atoms with Crippen molar-refractivity contribution in [1.82, 2.24) is 5.32 Å². The molecule has 1 amide bonds. The first-order valence-electron chi connectivity index (χ1n) is 6.45. The van der Waals surface area contributed by atoms with E-state index in [9.17, 15) is 4.79 Å². The SMILES string of the molecule is NC(=S)Cc1ccccc1C(=O)NCc1ccc(Cl)cc1. The van der Waals surface area contributed by atoms with E-state index in [1.165, 1.54) is 0 Å². The zero-order valence-corrected chi connectivity index (χ0v) is 12.9. The van der Waals surface area contributed by atoms with Gasteiger partial charge in [0, 0.05) is 23.6 Å². The molecule has 21 heavy (non-hydrogen) atoms. The number of hydrogen-bond donors (Lipinski definition) is 2. The van der Waals surface area contributed by atoms with Crippen molar-refractivity contribution in [1.29, 1.82) is 0 Å². The summed E-state index contributed by atoms with van der Waals surface area (Å²) in [7, 11) is 0. The highest BCUT2D eigenvalue weighted by Crippen LogP contribution is 2.12. The van der Waals surface area contributed by atoms with Gasteiger partial charge in [-0.25, -0.2) is 0 Å². The lowest BCUT2D eigenvalue weighted by atomic mass is 10.0. The van der Waals surface area contributed by atoms with E-state index in [-0.39, 0.29) is 5.91 Å². The van der Waals surface area contributed by atoms with Gasteiger partial charge in [0.1, 0.15) is 0 Å². The Balaban J connectivity index is 2.06. The Morgan fingerprint density at radius 2 is 1.81 bits per heavy atom. The maximum absolute atomic E-state index is 12.3. The van der Waals surface area contributed by atoms with Crippen LogP contribution in [-0.4, -0.2) is 10.9 Å². The number of halogens is 1. The maximum atomic E-state index is 12.3. The van der Waals surface area contributed by atoms with Gasteiger partial charge in [0.25, 0.3) is 5.91 Å². The van der Waals surface area contributed by atoms with Crippen molar-refractivity contribution in [2.24, 2.45) is 5.73 Å². The van der Waals surface area contributed by atoms with E-state index in [4.69, 9.17) is 29.6 Å². The second-order valence-corrected chi connectivity index (χ2v) is 5.57. The number of rotatable bonds is 5. The van der Waals surface area contributed by atoms with Crippen LogP contribution in [0.3, 0.4) is 0 Å². The van der Waals surface area contributed by atoms with Crippen LogP contribution in [0.5, 0.6) is 0 Å². The van der Waals surface area contributed by atoms with Gasteiger partial charge >= 0.3 is 0 Å². The molecular weight excluding hydrogens is 304 g/mol. The Morgan fingerprint density at radius 1 is 1.14 bits per heavy atom. The fourth-order valence-electron chi connectivity index (χ4n) is 1.96. The number of carbonyl (C=O) groups is 1. The predicted molar refractivity (Wildman–Crippen MR) is 89.6 cm³/mol. The van der Waals surface area contributed by atoms with Gasteiger partial charge in [-0.2, -0.15) is 0 Å². The van der Waals surface area contributed by atoms with E-state index >= 15 is 0 Å². The average Bonchev–Trinajstić information content (AvgIpc) is 2.46. The molecule has 2 rings (SSSR count). The van der Waals surface area contributed by atoms with Crippen molar-refractivity contribution in [2.75, 3.05) is 0 Å². The van der Waals surface area contributed by atoms with Gasteiger partial charge in [0.15, 0.2) is 0 Å². The Kier molecular flexibility index (Phi) is 5.31. The van der Waals surface area contributed by atoms with E-state index in [0.29, 0.717) is 28.5 Å². The van der Waals surface area contributed by atoms with Gasteiger partial charge < -0.3 is 11.1 Å². The standard InChI is InChI=1S/C16H15ClN2OS/c17-13-7-5-11(6-8-13)10-19-16(20)14-4-2-1-3-12(14)9-15(18)21/h1-8H,9-10H2,(H2,18,21)(H,19,20). The lowest BCUT2D eigenvalue weighted by Gasteiger charge is -2.10. The number of nitrogens with two attached hydrogens (primary N) is 1. The molecule has 5 heteroatoms. The normalized spacial score (nSPS) is 10.1. The molecule has 3 nitrogen and oxygen atoms in total. The average molecular weight is 319 g/mol. The Morgan fingerprint density at radius 3 is 2.48 bits per heavy atom. The quantitative estimate of drug-likeness (QED) is 0.833. The van der Waals surface area contributed by atoms with E-state index < -0.39 is 0 Å². The highest BCUT2D eigenvalue weighted by molar-refractivity contribution is 7.80. The largest absolute Gasteiger partial charge is 0.393 e. The molecule has 0 atom stereocenters. The van der Waals surface area contributed by atoms with Crippen LogP contribution in [0.2, 0.25) is 5.02 Å². The number of nitrogens with one attached hydrogen (secondary N) is 1. The van der Waals surface area contributed by atoms with Crippen LogP contribution in [-0.2, 0) is 13.0 Å². The topological polar surface area (TPSA) is 55.1 Å². The van der Waals surface area contributed by atoms with Crippen molar-refractivity contribution in [3.8, 4) is 0 Å². The molecule has 0 fully saturated rings. The van der Waals surface area contributed by atoms with Crippen molar-refractivity contribution in [3.05, 3.63) is 70.2 Å². The molecule has 0 aromatic heterocycles. The smallest absolute Gasteiger partial charge is 0.251 e. The molecule has 0 bridgehead atoms. The summed E-state index contributed by atoms with van der Waals surface area (Å²) >= 11 is 10.7. The second kappa shape index (κ2) is 7.20. The number of benzene rings is 2. The van der Waals surface area contributed by atoms with E-state index in [2.05, 4.69) is 5.32 Å². The molecule has 0 aliphatic heterocycles. The van der Waals surface area contributed by atoms with Crippen LogP contribution < -0.4 is 11.1 Å². The molecule has 0 radical (unpaired) electrons. The monoisotopic (exact) mass is 318 g/mol. The molecule has 0 unspecified atom stereocenters. The van der Waals surface area contributed by atoms with Crippen molar-refractivity contribution >= 4 is 34.7 Å². The summed E-state index contributed by atoms with van der Waals surface area (Å²) in [6.07, 6.45) is 0.417. The molecule has 0 saturated carbocycles. The highest BCUT2D eigenvalue weighted by atomic mass is 35.5. The summed E-state index contributed by atoms with van der Waals surface area (Å²) in [5, 5.41) is 3.56. The summed E-state index contributed by atoms with van der Waals surface area (Å²) in [5.74, 6) is -0.142. The lowest BCUT2D eigenvalue weighted by Crippen LogP contribution is -2.25. The Bertz CT molecular complexity index is 656. The zero-order chi connectivity index (χ0) is 15.2. The van der Waals surface area contributed by atoms with Crippen LogP contribution in [0.15, 0.2) is 48.5 Å². The Labute approximate surface area is 134 Å². The van der Waals surface area contributed by atoms with Gasteiger partial charge in [-0.1, -0.05) is 54.2 Å². The first-order valence-corrected chi connectivity index (χ1v) is 7.24. The second-order valence-electron chi connectivity index (χ2n) is 4.61. The number of carbonyl (C=O) groups excluding carboxylic acids is 1. The van der Waals surface area contributed by atoms with E-state index in [1.54, 1.807) is 18.2 Å². The molecule has 108 valence electrons. The first kappa shape index (κ1) is 15.5. The van der Waals surface area contributed by atoms with Gasteiger partial charge in [-0.3, -0.25) is 4.79 Å². The molecule has 0 aliphatic carbocycles. The molecule has 2 aromatic carbocycles. The molecule has 0 aliphatic rings. The van der Waals surface area contributed by atoms with E-state index in [1.807, 2.05) is 30.3 Å². The molecule has 0 saturated heterocycles. The number of thiocarbonyl (C=S) groups is 1. The lowest BCUT2D eigenvalue weighted by molar-refractivity contribution is 0.0950. The summed E-state index contributed by atoms with van der Waals surface area (Å²) in [4.78, 5) is 12.6. The van der Waals surface area contributed by atoms with Crippen LogP contribution >= 0.6 is 23.8 Å². The minimum atomic E-state index is -0.142. The third kappa shape index (κ3) is 4.55. The van der Waals surface area contributed by atoms with Crippen LogP contribution in [0.4, 0.5) is 0 Å². The van der Waals surface area contributed by atoms with Gasteiger partial charge in [0.05, 0.1) is 4.99 Å². The molecule has 0 spiro atoms. The van der Waals surface area contributed by atoms with Gasteiger partial charge in [-0.15, -0.1) is 0 Å².